The third-order valence-electron chi connectivity index (χ3n) is 4.38. The van der Waals surface area contributed by atoms with Crippen LogP contribution in [0, 0.1) is 5.92 Å². The third kappa shape index (κ3) is 2.27. The molecule has 16 heavy (non-hydrogen) atoms. The van der Waals surface area contributed by atoms with Gasteiger partial charge in [-0.2, -0.15) is 0 Å². The van der Waals surface area contributed by atoms with Gasteiger partial charge in [-0.25, -0.2) is 0 Å². The lowest BCUT2D eigenvalue weighted by molar-refractivity contribution is 0.0551. The van der Waals surface area contributed by atoms with E-state index in [-0.39, 0.29) is 6.10 Å². The van der Waals surface area contributed by atoms with Crippen molar-refractivity contribution in [3.05, 3.63) is 0 Å². The lowest BCUT2D eigenvalue weighted by Gasteiger charge is -2.32. The van der Waals surface area contributed by atoms with Gasteiger partial charge in [-0.15, -0.1) is 0 Å². The minimum Gasteiger partial charge on any atom is -0.392 e. The van der Waals surface area contributed by atoms with E-state index < -0.39 is 0 Å². The molecule has 0 radical (unpaired) electrons. The molecule has 0 aromatic carbocycles. The van der Waals surface area contributed by atoms with Gasteiger partial charge in [0, 0.05) is 18.7 Å². The lowest BCUT2D eigenvalue weighted by Crippen LogP contribution is -2.50. The maximum Gasteiger partial charge on any atom is 0.0757 e. The van der Waals surface area contributed by atoms with E-state index in [0.717, 1.165) is 31.8 Å². The summed E-state index contributed by atoms with van der Waals surface area (Å²) in [5, 5.41) is 13.6. The molecule has 3 fully saturated rings. The molecule has 2 N–H and O–H groups in total. The molecule has 2 aliphatic carbocycles. The predicted molar refractivity (Wildman–Crippen MR) is 62.3 cm³/mol. The molecular formula is C13H23NO2. The Bertz CT molecular complexity index is 242. The van der Waals surface area contributed by atoms with Gasteiger partial charge in [-0.05, 0) is 38.0 Å². The van der Waals surface area contributed by atoms with E-state index in [1.54, 1.807) is 0 Å². The Morgan fingerprint density at radius 2 is 1.75 bits per heavy atom. The quantitative estimate of drug-likeness (QED) is 0.764. The molecule has 92 valence electrons. The summed E-state index contributed by atoms with van der Waals surface area (Å²) in [6.45, 7) is 0.904. The number of rotatable bonds is 3. The third-order valence-corrected chi connectivity index (χ3v) is 4.38. The van der Waals surface area contributed by atoms with E-state index in [2.05, 4.69) is 5.32 Å². The Morgan fingerprint density at radius 1 is 0.938 bits per heavy atom. The van der Waals surface area contributed by atoms with Gasteiger partial charge in [0.1, 0.15) is 0 Å². The predicted octanol–water partition coefficient (Wildman–Crippen LogP) is 1.45. The van der Waals surface area contributed by atoms with E-state index >= 15 is 0 Å². The summed E-state index contributed by atoms with van der Waals surface area (Å²) in [7, 11) is 0. The van der Waals surface area contributed by atoms with E-state index in [4.69, 9.17) is 4.74 Å². The molecule has 0 aromatic rings. The highest BCUT2D eigenvalue weighted by Crippen LogP contribution is 2.39. The molecule has 2 saturated carbocycles. The first kappa shape index (κ1) is 11.0. The zero-order valence-corrected chi connectivity index (χ0v) is 9.90. The summed E-state index contributed by atoms with van der Waals surface area (Å²) in [6, 6.07) is 0.826. The van der Waals surface area contributed by atoms with Gasteiger partial charge in [0.15, 0.2) is 0 Å². The van der Waals surface area contributed by atoms with Gasteiger partial charge in [0.05, 0.1) is 12.2 Å². The summed E-state index contributed by atoms with van der Waals surface area (Å²) >= 11 is 0. The number of aliphatic hydroxyl groups excluding tert-OH is 1. The molecule has 3 aliphatic rings. The molecule has 3 nitrogen and oxygen atoms in total. The van der Waals surface area contributed by atoms with Crippen LogP contribution >= 0.6 is 0 Å². The van der Waals surface area contributed by atoms with Crippen LogP contribution in [0.3, 0.4) is 0 Å². The standard InChI is InChI=1S/C13H23NO2/c15-12-4-2-1-3-10(12)14-11-7-8-16-13(11)9-5-6-9/h9-15H,1-8H2/t10-,11?,12-,13?/m0/s1. The minimum absolute atomic E-state index is 0.130. The summed E-state index contributed by atoms with van der Waals surface area (Å²) in [5.74, 6) is 0.806. The molecule has 2 unspecified atom stereocenters. The Balaban J connectivity index is 1.55. The van der Waals surface area contributed by atoms with Crippen LogP contribution in [0.4, 0.5) is 0 Å². The first-order valence-corrected chi connectivity index (χ1v) is 6.90. The van der Waals surface area contributed by atoms with Crippen LogP contribution in [0.25, 0.3) is 0 Å². The molecule has 3 rings (SSSR count). The topological polar surface area (TPSA) is 41.5 Å². The molecule has 0 bridgehead atoms. The van der Waals surface area contributed by atoms with Crippen molar-refractivity contribution >= 4 is 0 Å². The highest BCUT2D eigenvalue weighted by molar-refractivity contribution is 4.96. The van der Waals surface area contributed by atoms with Crippen molar-refractivity contribution < 1.29 is 9.84 Å². The Morgan fingerprint density at radius 3 is 2.50 bits per heavy atom. The average Bonchev–Trinajstić information content (AvgIpc) is 3.03. The van der Waals surface area contributed by atoms with Crippen LogP contribution in [-0.2, 0) is 4.74 Å². The van der Waals surface area contributed by atoms with Gasteiger partial charge in [0.25, 0.3) is 0 Å². The number of aliphatic hydroxyl groups is 1. The number of hydrogen-bond donors (Lipinski definition) is 2. The Hall–Kier alpha value is -0.120. The van der Waals surface area contributed by atoms with Crippen molar-refractivity contribution in [1.82, 2.24) is 5.32 Å². The van der Waals surface area contributed by atoms with E-state index in [1.807, 2.05) is 0 Å². The zero-order chi connectivity index (χ0) is 11.0. The number of hydrogen-bond acceptors (Lipinski definition) is 3. The first-order valence-electron chi connectivity index (χ1n) is 6.90. The molecule has 3 heteroatoms. The largest absolute Gasteiger partial charge is 0.392 e. The van der Waals surface area contributed by atoms with Gasteiger partial charge in [-0.1, -0.05) is 12.8 Å². The van der Waals surface area contributed by atoms with E-state index in [0.29, 0.717) is 18.2 Å². The molecule has 1 aliphatic heterocycles. The number of ether oxygens (including phenoxy) is 1. The Kier molecular flexibility index (Phi) is 3.18. The Labute approximate surface area is 97.6 Å². The second-order valence-corrected chi connectivity index (χ2v) is 5.69. The maximum absolute atomic E-state index is 9.97. The van der Waals surface area contributed by atoms with Crippen molar-refractivity contribution in [2.75, 3.05) is 6.61 Å². The van der Waals surface area contributed by atoms with Crippen molar-refractivity contribution in [2.45, 2.75) is 69.2 Å². The highest BCUT2D eigenvalue weighted by atomic mass is 16.5. The van der Waals surface area contributed by atoms with Crippen LogP contribution in [0.15, 0.2) is 0 Å². The van der Waals surface area contributed by atoms with E-state index in [1.165, 1.54) is 25.7 Å². The first-order chi connectivity index (χ1) is 7.84. The van der Waals surface area contributed by atoms with Crippen LogP contribution < -0.4 is 5.32 Å². The monoisotopic (exact) mass is 225 g/mol. The van der Waals surface area contributed by atoms with Gasteiger partial charge in [-0.3, -0.25) is 0 Å². The fourth-order valence-corrected chi connectivity index (χ4v) is 3.26. The molecule has 0 amide bonds. The zero-order valence-electron chi connectivity index (χ0n) is 9.90. The van der Waals surface area contributed by atoms with Crippen LogP contribution in [-0.4, -0.2) is 36.0 Å². The molecule has 0 aromatic heterocycles. The molecule has 4 atom stereocenters. The maximum atomic E-state index is 9.97. The lowest BCUT2D eigenvalue weighted by atomic mass is 9.91. The smallest absolute Gasteiger partial charge is 0.0757 e. The van der Waals surface area contributed by atoms with E-state index in [9.17, 15) is 5.11 Å². The van der Waals surface area contributed by atoms with Gasteiger partial charge >= 0.3 is 0 Å². The minimum atomic E-state index is -0.130. The summed E-state index contributed by atoms with van der Waals surface area (Å²) in [4.78, 5) is 0. The second kappa shape index (κ2) is 4.63. The van der Waals surface area contributed by atoms with Gasteiger partial charge in [0.2, 0.25) is 0 Å². The van der Waals surface area contributed by atoms with Gasteiger partial charge < -0.3 is 15.2 Å². The average molecular weight is 225 g/mol. The molecular weight excluding hydrogens is 202 g/mol. The second-order valence-electron chi connectivity index (χ2n) is 5.69. The molecule has 1 heterocycles. The van der Waals surface area contributed by atoms with Crippen molar-refractivity contribution in [3.8, 4) is 0 Å². The fraction of sp³-hybridized carbons (Fsp3) is 1.00. The molecule has 0 spiro atoms. The van der Waals surface area contributed by atoms with Crippen LogP contribution in [0.5, 0.6) is 0 Å². The van der Waals surface area contributed by atoms with Crippen LogP contribution in [0.2, 0.25) is 0 Å². The normalized spacial score (nSPS) is 44.8. The van der Waals surface area contributed by atoms with Crippen molar-refractivity contribution in [3.63, 3.8) is 0 Å². The van der Waals surface area contributed by atoms with Crippen molar-refractivity contribution in [1.29, 1.82) is 0 Å². The summed E-state index contributed by atoms with van der Waals surface area (Å²) < 4.78 is 5.82. The summed E-state index contributed by atoms with van der Waals surface area (Å²) in [5.41, 5.74) is 0. The highest BCUT2D eigenvalue weighted by Gasteiger charge is 2.41. The van der Waals surface area contributed by atoms with Crippen LogP contribution in [0.1, 0.15) is 44.9 Å². The summed E-state index contributed by atoms with van der Waals surface area (Å²) in [6.07, 6.45) is 8.68. The fourth-order valence-electron chi connectivity index (χ4n) is 3.26. The number of nitrogens with one attached hydrogen (secondary N) is 1. The molecule has 1 saturated heterocycles. The van der Waals surface area contributed by atoms with Crippen molar-refractivity contribution in [2.24, 2.45) is 5.92 Å². The SMILES string of the molecule is O[C@H]1CCCC[C@@H]1NC1CCOC1C1CC1.